The number of esters is 4. The van der Waals surface area contributed by atoms with E-state index in [0.29, 0.717) is 37.0 Å². The number of rotatable bonds is 42. The van der Waals surface area contributed by atoms with Gasteiger partial charge in [-0.15, -0.1) is 0 Å². The number of ether oxygens (including phenoxy) is 6. The fourth-order valence-electron chi connectivity index (χ4n) is 13.8. The molecule has 4 rings (SSSR count). The largest absolute Gasteiger partial charge is 0.511 e. The quantitative estimate of drug-likeness (QED) is 0.0247. The Morgan fingerprint density at radius 1 is 0.551 bits per heavy atom. The van der Waals surface area contributed by atoms with Crippen molar-refractivity contribution in [2.45, 2.75) is 317 Å². The maximum Gasteiger partial charge on any atom is 0.511 e. The van der Waals surface area contributed by atoms with Crippen molar-refractivity contribution in [3.05, 3.63) is 11.6 Å². The Morgan fingerprint density at radius 3 is 1.56 bits per heavy atom. The van der Waals surface area contributed by atoms with E-state index < -0.39 is 36.4 Å². The van der Waals surface area contributed by atoms with Crippen molar-refractivity contribution in [1.29, 1.82) is 0 Å². The smallest absolute Gasteiger partial charge is 0.462 e. The summed E-state index contributed by atoms with van der Waals surface area (Å²) in [5.41, 5.74) is 1.26. The molecular formula is C66H112O12. The second kappa shape index (κ2) is 37.5. The minimum Gasteiger partial charge on any atom is -0.462 e. The topological polar surface area (TPSA) is 158 Å². The molecule has 9 atom stereocenters. The summed E-state index contributed by atoms with van der Waals surface area (Å²) in [7, 11) is 0. The summed E-state index contributed by atoms with van der Waals surface area (Å²) in [6, 6.07) is 0. The SMILES string of the molecule is CCCCCCCCCCCCCCCC(=O)OCC(COC(=O)CCCCCCCCCCCCCCC)OC(=O)CC(C)CCC(C)C(=O)OC(C)OC(=O)O[C@H]1CC[C@H]2[C@@H]3CCC4=CC(=O)CC[C@]4(C)[C@H]3CC[C@]12C. The molecule has 3 unspecified atom stereocenters. The average molecular weight is 1100 g/mol. The van der Waals surface area contributed by atoms with Gasteiger partial charge in [-0.3, -0.25) is 24.0 Å². The fraction of sp³-hybridized carbons (Fsp3) is 0.879. The van der Waals surface area contributed by atoms with Crippen LogP contribution >= 0.6 is 0 Å². The number of carbonyl (C=O) groups excluding carboxylic acids is 6. The van der Waals surface area contributed by atoms with Crippen LogP contribution in [-0.4, -0.2) is 67.5 Å². The Bertz CT molecular complexity index is 1750. The van der Waals surface area contributed by atoms with E-state index in [2.05, 4.69) is 27.7 Å². The van der Waals surface area contributed by atoms with Crippen molar-refractivity contribution in [3.63, 3.8) is 0 Å². The molecule has 0 amide bonds. The van der Waals surface area contributed by atoms with Crippen molar-refractivity contribution >= 4 is 35.8 Å². The van der Waals surface area contributed by atoms with Gasteiger partial charge in [-0.1, -0.05) is 201 Å². The van der Waals surface area contributed by atoms with Crippen LogP contribution in [0.15, 0.2) is 11.6 Å². The molecule has 0 radical (unpaired) electrons. The minimum atomic E-state index is -1.14. The van der Waals surface area contributed by atoms with Gasteiger partial charge in [0.15, 0.2) is 11.9 Å². The first kappa shape index (κ1) is 67.1. The predicted molar refractivity (Wildman–Crippen MR) is 308 cm³/mol. The molecule has 0 aromatic heterocycles. The normalized spacial score (nSPS) is 23.7. The lowest BCUT2D eigenvalue weighted by atomic mass is 9.47. The first-order valence-corrected chi connectivity index (χ1v) is 32.4. The Balaban J connectivity index is 1.13. The number of fused-ring (bicyclic) bond motifs is 5. The summed E-state index contributed by atoms with van der Waals surface area (Å²) in [5, 5.41) is 0. The van der Waals surface area contributed by atoms with E-state index >= 15 is 0 Å². The molecule has 4 aliphatic carbocycles. The van der Waals surface area contributed by atoms with Crippen LogP contribution in [0.5, 0.6) is 0 Å². The first-order valence-electron chi connectivity index (χ1n) is 32.4. The molecule has 0 aromatic rings. The number of carbonyl (C=O) groups is 6. The molecule has 448 valence electrons. The molecule has 12 heteroatoms. The Hall–Kier alpha value is -3.44. The van der Waals surface area contributed by atoms with Gasteiger partial charge in [0.25, 0.3) is 0 Å². The van der Waals surface area contributed by atoms with Crippen LogP contribution in [-0.2, 0) is 52.4 Å². The minimum absolute atomic E-state index is 0.0597. The van der Waals surface area contributed by atoms with E-state index in [1.807, 2.05) is 13.0 Å². The van der Waals surface area contributed by atoms with Crippen molar-refractivity contribution in [2.75, 3.05) is 13.2 Å². The van der Waals surface area contributed by atoms with E-state index in [4.69, 9.17) is 28.4 Å². The van der Waals surface area contributed by atoms with E-state index in [0.717, 1.165) is 83.5 Å². The number of allylic oxidation sites excluding steroid dienone is 1. The molecular weight excluding hydrogens is 985 g/mol. The van der Waals surface area contributed by atoms with Gasteiger partial charge in [-0.05, 0) is 106 Å². The highest BCUT2D eigenvalue weighted by molar-refractivity contribution is 5.91. The van der Waals surface area contributed by atoms with Crippen molar-refractivity contribution in [3.8, 4) is 0 Å². The van der Waals surface area contributed by atoms with Crippen molar-refractivity contribution in [1.82, 2.24) is 0 Å². The van der Waals surface area contributed by atoms with Gasteiger partial charge in [0.05, 0.1) is 5.92 Å². The molecule has 0 bridgehead atoms. The van der Waals surface area contributed by atoms with Crippen molar-refractivity contribution < 1.29 is 57.2 Å². The zero-order chi connectivity index (χ0) is 56.6. The fourth-order valence-corrected chi connectivity index (χ4v) is 13.8. The van der Waals surface area contributed by atoms with Gasteiger partial charge >= 0.3 is 30.0 Å². The summed E-state index contributed by atoms with van der Waals surface area (Å²) < 4.78 is 34.0. The van der Waals surface area contributed by atoms with E-state index in [-0.39, 0.29) is 73.0 Å². The zero-order valence-electron chi connectivity index (χ0n) is 50.6. The van der Waals surface area contributed by atoms with Gasteiger partial charge in [-0.2, -0.15) is 0 Å². The summed E-state index contributed by atoms with van der Waals surface area (Å²) in [6.45, 7) is 13.9. The third-order valence-corrected chi connectivity index (χ3v) is 18.8. The van der Waals surface area contributed by atoms with Crippen LogP contribution in [0.2, 0.25) is 0 Å². The lowest BCUT2D eigenvalue weighted by Crippen LogP contribution is -2.51. The lowest BCUT2D eigenvalue weighted by molar-refractivity contribution is -0.175. The van der Waals surface area contributed by atoms with Crippen LogP contribution < -0.4 is 0 Å². The molecule has 4 aliphatic rings. The average Bonchev–Trinajstić information content (AvgIpc) is 3.93. The summed E-state index contributed by atoms with van der Waals surface area (Å²) in [4.78, 5) is 77.5. The lowest BCUT2D eigenvalue weighted by Gasteiger charge is -2.57. The standard InChI is InChI=1S/C66H112O12/c1-8-10-12-14-16-18-20-22-24-26-28-30-32-34-60(68)73-48-55(49-74-61(69)35-33-31-29-27-25-23-21-19-17-15-13-11-9-2)77-62(70)46-50(3)36-37-51(4)63(71)75-52(5)76-64(72)78-59-41-40-57-56-39-38-53-47-54(67)42-44-65(53,6)58(56)43-45-66(57,59)7/h47,50-52,55-59H,8-46,48-49H2,1-7H3/t50?,51?,52?,56-,57-,58-,59-,65-,66-/m0/s1. The van der Waals surface area contributed by atoms with E-state index in [1.54, 1.807) is 6.92 Å². The Labute approximate surface area is 473 Å². The molecule has 0 saturated heterocycles. The van der Waals surface area contributed by atoms with E-state index in [1.165, 1.54) is 141 Å². The molecule has 0 aromatic carbocycles. The summed E-state index contributed by atoms with van der Waals surface area (Å²) in [6.07, 6.45) is 39.3. The molecule has 3 saturated carbocycles. The third kappa shape index (κ3) is 24.3. The number of ketones is 1. The molecule has 0 aliphatic heterocycles. The zero-order valence-corrected chi connectivity index (χ0v) is 50.6. The highest BCUT2D eigenvalue weighted by Gasteiger charge is 2.60. The van der Waals surface area contributed by atoms with Gasteiger partial charge in [-0.25, -0.2) is 4.79 Å². The van der Waals surface area contributed by atoms with Crippen LogP contribution in [0.4, 0.5) is 4.79 Å². The van der Waals surface area contributed by atoms with Gasteiger partial charge in [0.1, 0.15) is 19.3 Å². The molecule has 0 spiro atoms. The van der Waals surface area contributed by atoms with Crippen LogP contribution in [0.25, 0.3) is 0 Å². The maximum atomic E-state index is 13.3. The second-order valence-corrected chi connectivity index (χ2v) is 25.3. The van der Waals surface area contributed by atoms with Crippen LogP contribution in [0.3, 0.4) is 0 Å². The predicted octanol–water partition coefficient (Wildman–Crippen LogP) is 17.3. The molecule has 0 heterocycles. The third-order valence-electron chi connectivity index (χ3n) is 18.8. The number of unbranched alkanes of at least 4 members (excludes halogenated alkanes) is 24. The Morgan fingerprint density at radius 2 is 1.05 bits per heavy atom. The van der Waals surface area contributed by atoms with Gasteiger partial charge in [0, 0.05) is 38.0 Å². The van der Waals surface area contributed by atoms with Gasteiger partial charge < -0.3 is 28.4 Å². The Kier molecular flexibility index (Phi) is 32.3. The molecule has 78 heavy (non-hydrogen) atoms. The van der Waals surface area contributed by atoms with Gasteiger partial charge in [0.2, 0.25) is 6.29 Å². The van der Waals surface area contributed by atoms with Crippen LogP contribution in [0, 0.1) is 40.4 Å². The highest BCUT2D eigenvalue weighted by Crippen LogP contribution is 2.65. The first-order chi connectivity index (χ1) is 37.6. The molecule has 0 N–H and O–H groups in total. The van der Waals surface area contributed by atoms with Crippen molar-refractivity contribution in [2.24, 2.45) is 40.4 Å². The van der Waals surface area contributed by atoms with E-state index in [9.17, 15) is 28.8 Å². The highest BCUT2D eigenvalue weighted by atomic mass is 16.8. The maximum absolute atomic E-state index is 13.3. The second-order valence-electron chi connectivity index (χ2n) is 25.3. The monoisotopic (exact) mass is 1100 g/mol. The van der Waals surface area contributed by atoms with Crippen LogP contribution in [0.1, 0.15) is 299 Å². The summed E-state index contributed by atoms with van der Waals surface area (Å²) >= 11 is 0. The molecule has 12 nitrogen and oxygen atoms in total. The number of hydrogen-bond donors (Lipinski definition) is 0. The molecule has 3 fully saturated rings. The summed E-state index contributed by atoms with van der Waals surface area (Å²) in [5.74, 6) is -0.620. The number of hydrogen-bond acceptors (Lipinski definition) is 12.